The minimum Gasteiger partial charge on any atom is -0.387 e. The van der Waals surface area contributed by atoms with Crippen LogP contribution in [0.15, 0.2) is 18.2 Å². The van der Waals surface area contributed by atoms with Crippen molar-refractivity contribution in [2.45, 2.75) is 38.0 Å². The molecule has 1 heterocycles. The number of benzene rings is 1. The van der Waals surface area contributed by atoms with Crippen molar-refractivity contribution < 1.29 is 9.84 Å². The van der Waals surface area contributed by atoms with Crippen LogP contribution in [0.3, 0.4) is 0 Å². The third-order valence-corrected chi connectivity index (χ3v) is 4.48. The number of hydrogen-bond acceptors (Lipinski definition) is 3. The van der Waals surface area contributed by atoms with Crippen LogP contribution >= 0.6 is 23.2 Å². The molecular formula is C14H19Cl2NO2. The van der Waals surface area contributed by atoms with Crippen LogP contribution in [0.5, 0.6) is 0 Å². The van der Waals surface area contributed by atoms with Crippen molar-refractivity contribution in [1.82, 2.24) is 5.32 Å². The second kappa shape index (κ2) is 5.98. The summed E-state index contributed by atoms with van der Waals surface area (Å²) in [4.78, 5) is 0. The second-order valence-electron chi connectivity index (χ2n) is 5.24. The Morgan fingerprint density at radius 1 is 1.53 bits per heavy atom. The van der Waals surface area contributed by atoms with E-state index in [4.69, 9.17) is 27.9 Å². The predicted octanol–water partition coefficient (Wildman–Crippen LogP) is 3.18. The van der Waals surface area contributed by atoms with Crippen LogP contribution in [-0.2, 0) is 4.74 Å². The van der Waals surface area contributed by atoms with E-state index in [0.29, 0.717) is 22.2 Å². The van der Waals surface area contributed by atoms with Gasteiger partial charge in [0.25, 0.3) is 0 Å². The van der Waals surface area contributed by atoms with Crippen LogP contribution < -0.4 is 5.32 Å². The molecule has 0 bridgehead atoms. The number of β-amino-alcohol motifs (C(OH)–C–C–N with tert-alkyl or cyclic N) is 1. The van der Waals surface area contributed by atoms with Crippen LogP contribution in [-0.4, -0.2) is 29.9 Å². The molecule has 1 aliphatic heterocycles. The molecular weight excluding hydrogens is 285 g/mol. The number of ether oxygens (including phenoxy) is 1. The van der Waals surface area contributed by atoms with Gasteiger partial charge in [0.05, 0.1) is 12.2 Å². The molecule has 1 aromatic rings. The lowest BCUT2D eigenvalue weighted by molar-refractivity contribution is 0.0800. The van der Waals surface area contributed by atoms with Crippen LogP contribution in [0.25, 0.3) is 0 Å². The summed E-state index contributed by atoms with van der Waals surface area (Å²) < 4.78 is 5.56. The number of nitrogens with one attached hydrogen (secondary N) is 1. The summed E-state index contributed by atoms with van der Waals surface area (Å²) in [6.07, 6.45) is 0.384. The van der Waals surface area contributed by atoms with Gasteiger partial charge in [0.15, 0.2) is 0 Å². The Bertz CT molecular complexity index is 455. The lowest BCUT2D eigenvalue weighted by Gasteiger charge is -2.30. The Labute approximate surface area is 123 Å². The van der Waals surface area contributed by atoms with Crippen LogP contribution in [0.2, 0.25) is 10.0 Å². The van der Waals surface area contributed by atoms with Crippen molar-refractivity contribution in [1.29, 1.82) is 0 Å². The van der Waals surface area contributed by atoms with Gasteiger partial charge in [-0.2, -0.15) is 0 Å². The van der Waals surface area contributed by atoms with Gasteiger partial charge in [0.2, 0.25) is 0 Å². The fourth-order valence-corrected chi connectivity index (χ4v) is 2.70. The van der Waals surface area contributed by atoms with Gasteiger partial charge in [0, 0.05) is 34.3 Å². The van der Waals surface area contributed by atoms with E-state index in [2.05, 4.69) is 12.2 Å². The SMILES string of the molecule is CC1OCCC1(C)NCC(O)c1cc(Cl)ccc1Cl. The molecule has 1 saturated heterocycles. The normalized spacial score (nSPS) is 28.6. The van der Waals surface area contributed by atoms with Crippen molar-refractivity contribution in [2.75, 3.05) is 13.2 Å². The predicted molar refractivity (Wildman–Crippen MR) is 77.9 cm³/mol. The molecule has 106 valence electrons. The minimum atomic E-state index is -0.684. The molecule has 0 aromatic heterocycles. The van der Waals surface area contributed by atoms with Crippen molar-refractivity contribution in [2.24, 2.45) is 0 Å². The molecule has 3 unspecified atom stereocenters. The lowest BCUT2D eigenvalue weighted by Crippen LogP contribution is -2.49. The molecule has 0 spiro atoms. The number of aliphatic hydroxyl groups excluding tert-OH is 1. The zero-order chi connectivity index (χ0) is 14.0. The highest BCUT2D eigenvalue weighted by molar-refractivity contribution is 6.33. The van der Waals surface area contributed by atoms with E-state index in [-0.39, 0.29) is 11.6 Å². The monoisotopic (exact) mass is 303 g/mol. The van der Waals surface area contributed by atoms with Gasteiger partial charge in [0.1, 0.15) is 0 Å². The van der Waals surface area contributed by atoms with E-state index >= 15 is 0 Å². The zero-order valence-electron chi connectivity index (χ0n) is 11.1. The Hall–Kier alpha value is -0.320. The minimum absolute atomic E-state index is 0.105. The Morgan fingerprint density at radius 3 is 2.89 bits per heavy atom. The summed E-state index contributed by atoms with van der Waals surface area (Å²) in [5.74, 6) is 0. The molecule has 2 rings (SSSR count). The fourth-order valence-electron chi connectivity index (χ4n) is 2.28. The van der Waals surface area contributed by atoms with Crippen molar-refractivity contribution in [3.8, 4) is 0 Å². The second-order valence-corrected chi connectivity index (χ2v) is 6.09. The van der Waals surface area contributed by atoms with E-state index in [0.717, 1.165) is 13.0 Å². The average Bonchev–Trinajstić information content (AvgIpc) is 2.70. The third-order valence-electron chi connectivity index (χ3n) is 3.90. The quantitative estimate of drug-likeness (QED) is 0.897. The molecule has 0 saturated carbocycles. The maximum Gasteiger partial charge on any atom is 0.0929 e. The van der Waals surface area contributed by atoms with Gasteiger partial charge in [-0.25, -0.2) is 0 Å². The molecule has 2 N–H and O–H groups in total. The van der Waals surface area contributed by atoms with Gasteiger partial charge in [-0.05, 0) is 38.5 Å². The Kier molecular flexibility index (Phi) is 4.75. The van der Waals surface area contributed by atoms with E-state index < -0.39 is 6.10 Å². The molecule has 1 aromatic carbocycles. The van der Waals surface area contributed by atoms with E-state index in [1.165, 1.54) is 0 Å². The highest BCUT2D eigenvalue weighted by atomic mass is 35.5. The first kappa shape index (κ1) is 15.1. The van der Waals surface area contributed by atoms with Crippen molar-refractivity contribution in [3.05, 3.63) is 33.8 Å². The number of rotatable bonds is 4. The van der Waals surface area contributed by atoms with Gasteiger partial charge >= 0.3 is 0 Å². The van der Waals surface area contributed by atoms with Crippen LogP contribution in [0.4, 0.5) is 0 Å². The topological polar surface area (TPSA) is 41.5 Å². The van der Waals surface area contributed by atoms with E-state index in [1.807, 2.05) is 6.92 Å². The number of hydrogen-bond donors (Lipinski definition) is 2. The fraction of sp³-hybridized carbons (Fsp3) is 0.571. The summed E-state index contributed by atoms with van der Waals surface area (Å²) >= 11 is 12.0. The maximum absolute atomic E-state index is 10.2. The molecule has 3 atom stereocenters. The highest BCUT2D eigenvalue weighted by Crippen LogP contribution is 2.28. The summed E-state index contributed by atoms with van der Waals surface area (Å²) in [6.45, 7) is 5.32. The summed E-state index contributed by atoms with van der Waals surface area (Å²) in [7, 11) is 0. The molecule has 5 heteroatoms. The molecule has 0 aliphatic carbocycles. The third kappa shape index (κ3) is 3.41. The largest absolute Gasteiger partial charge is 0.387 e. The van der Waals surface area contributed by atoms with Crippen molar-refractivity contribution >= 4 is 23.2 Å². The van der Waals surface area contributed by atoms with Gasteiger partial charge in [-0.15, -0.1) is 0 Å². The lowest BCUT2D eigenvalue weighted by atomic mass is 9.94. The van der Waals surface area contributed by atoms with Crippen molar-refractivity contribution in [3.63, 3.8) is 0 Å². The van der Waals surface area contributed by atoms with E-state index in [1.54, 1.807) is 18.2 Å². The first-order valence-electron chi connectivity index (χ1n) is 6.42. The van der Waals surface area contributed by atoms with E-state index in [9.17, 15) is 5.11 Å². The number of aliphatic hydroxyl groups is 1. The van der Waals surface area contributed by atoms with Crippen LogP contribution in [0, 0.1) is 0 Å². The smallest absolute Gasteiger partial charge is 0.0929 e. The first-order valence-corrected chi connectivity index (χ1v) is 7.17. The van der Waals surface area contributed by atoms with Gasteiger partial charge in [-0.1, -0.05) is 23.2 Å². The first-order chi connectivity index (χ1) is 8.92. The zero-order valence-corrected chi connectivity index (χ0v) is 12.6. The summed E-state index contributed by atoms with van der Waals surface area (Å²) in [5, 5.41) is 14.7. The molecule has 0 radical (unpaired) electrons. The molecule has 19 heavy (non-hydrogen) atoms. The summed E-state index contributed by atoms with van der Waals surface area (Å²) in [5.41, 5.74) is 0.545. The summed E-state index contributed by atoms with van der Waals surface area (Å²) in [6, 6.07) is 5.11. The molecule has 1 aliphatic rings. The molecule has 1 fully saturated rings. The molecule has 0 amide bonds. The highest BCUT2D eigenvalue weighted by Gasteiger charge is 2.36. The maximum atomic E-state index is 10.2. The standard InChI is InChI=1S/C14H19Cl2NO2/c1-9-14(2,5-6-19-9)17-8-13(18)11-7-10(15)3-4-12(11)16/h3-4,7,9,13,17-18H,5-6,8H2,1-2H3. The Balaban J connectivity index is 2.01. The van der Waals surface area contributed by atoms with Gasteiger partial charge in [-0.3, -0.25) is 0 Å². The van der Waals surface area contributed by atoms with Gasteiger partial charge < -0.3 is 15.2 Å². The molecule has 3 nitrogen and oxygen atoms in total. The Morgan fingerprint density at radius 2 is 2.26 bits per heavy atom. The number of halogens is 2. The average molecular weight is 304 g/mol. The van der Waals surface area contributed by atoms with Crippen LogP contribution in [0.1, 0.15) is 31.9 Å².